The summed E-state index contributed by atoms with van der Waals surface area (Å²) < 4.78 is 0. The van der Waals surface area contributed by atoms with Crippen LogP contribution in [0.5, 0.6) is 0 Å². The lowest BCUT2D eigenvalue weighted by Crippen LogP contribution is -2.37. The summed E-state index contributed by atoms with van der Waals surface area (Å²) in [6, 6.07) is 2.27. The van der Waals surface area contributed by atoms with E-state index >= 15 is 0 Å². The third kappa shape index (κ3) is 3.65. The average Bonchev–Trinajstić information content (AvgIpc) is 2.85. The van der Waals surface area contributed by atoms with E-state index in [1.54, 1.807) is 0 Å². The van der Waals surface area contributed by atoms with Crippen LogP contribution in [-0.2, 0) is 0 Å². The van der Waals surface area contributed by atoms with E-state index in [4.69, 9.17) is 0 Å². The Morgan fingerprint density at radius 1 is 1.38 bits per heavy atom. The molecule has 0 aliphatic heterocycles. The first-order valence-electron chi connectivity index (χ1n) is 5.60. The average molecular weight is 184 g/mol. The third-order valence-corrected chi connectivity index (χ3v) is 3.07. The first kappa shape index (κ1) is 11.0. The minimum absolute atomic E-state index is 0.654. The molecule has 2 unspecified atom stereocenters. The van der Waals surface area contributed by atoms with Gasteiger partial charge < -0.3 is 10.2 Å². The monoisotopic (exact) mass is 184 g/mol. The molecule has 0 heterocycles. The molecule has 1 N–H and O–H groups in total. The van der Waals surface area contributed by atoms with E-state index in [1.165, 1.54) is 19.3 Å². The first-order valence-corrected chi connectivity index (χ1v) is 5.60. The molecule has 0 saturated heterocycles. The van der Waals surface area contributed by atoms with Gasteiger partial charge in [0.1, 0.15) is 0 Å². The Bertz CT molecular complexity index is 143. The molecule has 1 saturated carbocycles. The van der Waals surface area contributed by atoms with E-state index in [9.17, 15) is 0 Å². The van der Waals surface area contributed by atoms with Gasteiger partial charge in [-0.25, -0.2) is 0 Å². The maximum Gasteiger partial charge on any atom is 0.00961 e. The van der Waals surface area contributed by atoms with Crippen molar-refractivity contribution in [2.45, 2.75) is 58.2 Å². The lowest BCUT2D eigenvalue weighted by atomic mass is 10.1. The van der Waals surface area contributed by atoms with Crippen molar-refractivity contribution in [1.82, 2.24) is 10.2 Å². The van der Waals surface area contributed by atoms with Crippen molar-refractivity contribution in [3.63, 3.8) is 0 Å². The minimum Gasteiger partial charge on any atom is -0.314 e. The zero-order valence-electron chi connectivity index (χ0n) is 9.51. The lowest BCUT2D eigenvalue weighted by Gasteiger charge is -2.27. The number of hydrogen-bond donors (Lipinski definition) is 1. The van der Waals surface area contributed by atoms with Gasteiger partial charge in [0.25, 0.3) is 0 Å². The first-order chi connectivity index (χ1) is 6.15. The molecule has 78 valence electrons. The lowest BCUT2D eigenvalue weighted by molar-refractivity contribution is 0.222. The zero-order chi connectivity index (χ0) is 9.84. The van der Waals surface area contributed by atoms with Gasteiger partial charge >= 0.3 is 0 Å². The second-order valence-corrected chi connectivity index (χ2v) is 4.44. The molecule has 0 amide bonds. The van der Waals surface area contributed by atoms with E-state index in [2.05, 4.69) is 38.0 Å². The number of nitrogens with one attached hydrogen (secondary N) is 1. The molecule has 0 aromatic carbocycles. The number of hydrogen-bond acceptors (Lipinski definition) is 2. The largest absolute Gasteiger partial charge is 0.314 e. The van der Waals surface area contributed by atoms with Crippen molar-refractivity contribution < 1.29 is 0 Å². The molecule has 0 aromatic rings. The van der Waals surface area contributed by atoms with E-state index in [1.807, 2.05) is 0 Å². The van der Waals surface area contributed by atoms with Crippen LogP contribution in [0.2, 0.25) is 0 Å². The summed E-state index contributed by atoms with van der Waals surface area (Å²) in [5, 5.41) is 3.46. The van der Waals surface area contributed by atoms with E-state index < -0.39 is 0 Å². The number of rotatable bonds is 6. The van der Waals surface area contributed by atoms with Crippen LogP contribution in [0, 0.1) is 0 Å². The third-order valence-electron chi connectivity index (χ3n) is 3.07. The Balaban J connectivity index is 2.18. The minimum atomic E-state index is 0.654. The SMILES string of the molecule is CCNC(C)CC(C)N(C)C1CC1. The van der Waals surface area contributed by atoms with Crippen LogP contribution in [0.3, 0.4) is 0 Å². The Labute approximate surface area is 82.7 Å². The van der Waals surface area contributed by atoms with Crippen molar-refractivity contribution in [1.29, 1.82) is 0 Å². The van der Waals surface area contributed by atoms with Crippen molar-refractivity contribution in [2.75, 3.05) is 13.6 Å². The summed E-state index contributed by atoms with van der Waals surface area (Å²) in [5.74, 6) is 0. The van der Waals surface area contributed by atoms with E-state index in [-0.39, 0.29) is 0 Å². The quantitative estimate of drug-likeness (QED) is 0.678. The maximum atomic E-state index is 3.46. The molecule has 1 aliphatic rings. The van der Waals surface area contributed by atoms with Crippen molar-refractivity contribution in [2.24, 2.45) is 0 Å². The van der Waals surface area contributed by atoms with Gasteiger partial charge in [-0.1, -0.05) is 6.92 Å². The van der Waals surface area contributed by atoms with Gasteiger partial charge in [0.15, 0.2) is 0 Å². The van der Waals surface area contributed by atoms with Gasteiger partial charge in [-0.3, -0.25) is 0 Å². The highest BCUT2D eigenvalue weighted by Crippen LogP contribution is 2.27. The molecular weight excluding hydrogens is 160 g/mol. The van der Waals surface area contributed by atoms with E-state index in [0.717, 1.165) is 18.6 Å². The fourth-order valence-electron chi connectivity index (χ4n) is 1.95. The Hall–Kier alpha value is -0.0800. The molecule has 1 fully saturated rings. The van der Waals surface area contributed by atoms with Crippen LogP contribution in [0.4, 0.5) is 0 Å². The van der Waals surface area contributed by atoms with Crippen molar-refractivity contribution in [3.05, 3.63) is 0 Å². The predicted molar refractivity (Wildman–Crippen MR) is 58.0 cm³/mol. The molecule has 1 rings (SSSR count). The normalized spacial score (nSPS) is 21.9. The molecule has 2 nitrogen and oxygen atoms in total. The molecule has 2 atom stereocenters. The Kier molecular flexibility index (Phi) is 4.20. The van der Waals surface area contributed by atoms with Gasteiger partial charge in [0, 0.05) is 18.1 Å². The van der Waals surface area contributed by atoms with Crippen molar-refractivity contribution in [3.8, 4) is 0 Å². The highest BCUT2D eigenvalue weighted by Gasteiger charge is 2.29. The summed E-state index contributed by atoms with van der Waals surface area (Å²) in [7, 11) is 2.26. The molecule has 2 heteroatoms. The van der Waals surface area contributed by atoms with Crippen LogP contribution in [-0.4, -0.2) is 36.6 Å². The van der Waals surface area contributed by atoms with Gasteiger partial charge in [-0.2, -0.15) is 0 Å². The Morgan fingerprint density at radius 2 is 2.00 bits per heavy atom. The molecular formula is C11H24N2. The fourth-order valence-corrected chi connectivity index (χ4v) is 1.95. The van der Waals surface area contributed by atoms with Crippen molar-refractivity contribution >= 4 is 0 Å². The second kappa shape index (κ2) is 4.97. The standard InChI is InChI=1S/C11H24N2/c1-5-12-9(2)8-10(3)13(4)11-6-7-11/h9-12H,5-8H2,1-4H3. The predicted octanol–water partition coefficient (Wildman–Crippen LogP) is 1.86. The van der Waals surface area contributed by atoms with Gasteiger partial charge in [0.2, 0.25) is 0 Å². The topological polar surface area (TPSA) is 15.3 Å². The molecule has 1 aliphatic carbocycles. The van der Waals surface area contributed by atoms with Gasteiger partial charge in [-0.15, -0.1) is 0 Å². The zero-order valence-corrected chi connectivity index (χ0v) is 9.51. The van der Waals surface area contributed by atoms with Crippen LogP contribution < -0.4 is 5.32 Å². The van der Waals surface area contributed by atoms with Crippen LogP contribution in [0.1, 0.15) is 40.0 Å². The highest BCUT2D eigenvalue weighted by molar-refractivity contribution is 4.86. The molecule has 13 heavy (non-hydrogen) atoms. The molecule has 0 aromatic heterocycles. The van der Waals surface area contributed by atoms with Crippen LogP contribution >= 0.6 is 0 Å². The second-order valence-electron chi connectivity index (χ2n) is 4.44. The van der Waals surface area contributed by atoms with Gasteiger partial charge in [-0.05, 0) is 46.7 Å². The van der Waals surface area contributed by atoms with Crippen LogP contribution in [0.15, 0.2) is 0 Å². The molecule has 0 radical (unpaired) electrons. The molecule has 0 spiro atoms. The summed E-state index contributed by atoms with van der Waals surface area (Å²) in [5.41, 5.74) is 0. The number of nitrogens with zero attached hydrogens (tertiary/aromatic N) is 1. The summed E-state index contributed by atoms with van der Waals surface area (Å²) >= 11 is 0. The van der Waals surface area contributed by atoms with Crippen LogP contribution in [0.25, 0.3) is 0 Å². The smallest absolute Gasteiger partial charge is 0.00961 e. The van der Waals surface area contributed by atoms with E-state index in [0.29, 0.717) is 6.04 Å². The fraction of sp³-hybridized carbons (Fsp3) is 1.00. The summed E-state index contributed by atoms with van der Waals surface area (Å²) in [6.45, 7) is 7.87. The summed E-state index contributed by atoms with van der Waals surface area (Å²) in [6.07, 6.45) is 4.09. The molecule has 0 bridgehead atoms. The highest BCUT2D eigenvalue weighted by atomic mass is 15.2. The summed E-state index contributed by atoms with van der Waals surface area (Å²) in [4.78, 5) is 2.54. The Morgan fingerprint density at radius 3 is 2.46 bits per heavy atom. The van der Waals surface area contributed by atoms with Gasteiger partial charge in [0.05, 0.1) is 0 Å². The maximum absolute atomic E-state index is 3.46.